The number of hydrazine groups is 1. The number of carbonyl (C=O) groups excluding carboxylic acids is 3. The van der Waals surface area contributed by atoms with Crippen molar-refractivity contribution in [2.75, 3.05) is 10.6 Å². The fraction of sp³-hybridized carbons (Fsp3) is 0.167. The zero-order chi connectivity index (χ0) is 29.7. The topological polar surface area (TPSA) is 121 Å². The van der Waals surface area contributed by atoms with Crippen LogP contribution in [-0.2, 0) is 11.0 Å². The number of urea groups is 1. The first-order chi connectivity index (χ1) is 18.7. The van der Waals surface area contributed by atoms with Crippen LogP contribution in [0.3, 0.4) is 0 Å². The number of hydrogen-bond donors (Lipinski definition) is 4. The molecule has 0 atom stereocenters. The SMILES string of the molecule is CCC(F)(F)C(=O)NNC(=O)c1cc(Oc2ccc(NC(=O)Nc3ccc(Cl)c(C(F)(F)F)c3)c(F)c2)ccn1. The number of hydrogen-bond acceptors (Lipinski definition) is 5. The molecule has 0 saturated heterocycles. The Morgan fingerprint density at radius 2 is 1.62 bits per heavy atom. The van der Waals surface area contributed by atoms with Crippen molar-refractivity contribution in [3.05, 3.63) is 76.8 Å². The molecule has 3 rings (SSSR count). The number of pyridine rings is 1. The van der Waals surface area contributed by atoms with Crippen LogP contribution in [0.2, 0.25) is 5.02 Å². The van der Waals surface area contributed by atoms with Gasteiger partial charge in [-0.2, -0.15) is 22.0 Å². The van der Waals surface area contributed by atoms with E-state index in [9.17, 15) is 40.7 Å². The van der Waals surface area contributed by atoms with Crippen LogP contribution < -0.4 is 26.2 Å². The molecule has 0 saturated carbocycles. The molecule has 0 spiro atoms. The summed E-state index contributed by atoms with van der Waals surface area (Å²) in [6.45, 7) is 1.08. The number of nitrogens with one attached hydrogen (secondary N) is 4. The number of ether oxygens (including phenoxy) is 1. The van der Waals surface area contributed by atoms with Gasteiger partial charge in [-0.1, -0.05) is 18.5 Å². The van der Waals surface area contributed by atoms with E-state index in [0.29, 0.717) is 6.07 Å². The van der Waals surface area contributed by atoms with Gasteiger partial charge >= 0.3 is 24.0 Å². The van der Waals surface area contributed by atoms with Gasteiger partial charge in [0.1, 0.15) is 23.0 Å². The normalized spacial score (nSPS) is 11.4. The summed E-state index contributed by atoms with van der Waals surface area (Å²) in [5.41, 5.74) is 1.29. The molecule has 9 nitrogen and oxygen atoms in total. The van der Waals surface area contributed by atoms with Gasteiger partial charge in [0.15, 0.2) is 0 Å². The number of carbonyl (C=O) groups is 3. The monoisotopic (exact) mass is 589 g/mol. The molecule has 1 aromatic heterocycles. The Bertz CT molecular complexity index is 1440. The minimum Gasteiger partial charge on any atom is -0.457 e. The first kappa shape index (κ1) is 30.0. The van der Waals surface area contributed by atoms with Gasteiger partial charge in [0.25, 0.3) is 5.91 Å². The predicted octanol–water partition coefficient (Wildman–Crippen LogP) is 6.14. The molecular weight excluding hydrogens is 572 g/mol. The summed E-state index contributed by atoms with van der Waals surface area (Å²) >= 11 is 5.54. The molecule has 0 aliphatic heterocycles. The second kappa shape index (κ2) is 12.1. The van der Waals surface area contributed by atoms with Gasteiger partial charge in [-0.3, -0.25) is 25.4 Å². The molecule has 0 aliphatic carbocycles. The van der Waals surface area contributed by atoms with Crippen LogP contribution in [0.1, 0.15) is 29.4 Å². The Morgan fingerprint density at radius 3 is 2.27 bits per heavy atom. The van der Waals surface area contributed by atoms with Crippen molar-refractivity contribution in [2.45, 2.75) is 25.4 Å². The standard InChI is InChI=1S/C24H18ClF6N5O4/c1-2-23(27,28)21(38)36-35-20(37)19-11-14(7-8-32-19)40-13-4-6-18(17(26)10-13)34-22(39)33-12-3-5-16(25)15(9-12)24(29,30)31/h3-11H,2H2,1H3,(H,35,37)(H,36,38)(H2,33,34,39). The van der Waals surface area contributed by atoms with E-state index < -0.39 is 52.8 Å². The molecule has 3 aromatic rings. The molecule has 0 aliphatic rings. The van der Waals surface area contributed by atoms with E-state index in [1.165, 1.54) is 12.1 Å². The average molecular weight is 590 g/mol. The molecule has 1 heterocycles. The Kier molecular flexibility index (Phi) is 9.09. The maximum atomic E-state index is 14.6. The summed E-state index contributed by atoms with van der Waals surface area (Å²) < 4.78 is 85.6. The quantitative estimate of drug-likeness (QED) is 0.195. The lowest BCUT2D eigenvalue weighted by Crippen LogP contribution is -2.49. The van der Waals surface area contributed by atoms with E-state index in [-0.39, 0.29) is 28.6 Å². The van der Waals surface area contributed by atoms with E-state index in [4.69, 9.17) is 16.3 Å². The van der Waals surface area contributed by atoms with Crippen molar-refractivity contribution >= 4 is 40.8 Å². The second-order valence-electron chi connectivity index (χ2n) is 7.86. The van der Waals surface area contributed by atoms with E-state index in [1.54, 1.807) is 10.9 Å². The van der Waals surface area contributed by atoms with Gasteiger partial charge in [0.05, 0.1) is 16.3 Å². The fourth-order valence-electron chi connectivity index (χ4n) is 2.93. The Hall–Kier alpha value is -4.53. The van der Waals surface area contributed by atoms with E-state index in [2.05, 4.69) is 15.6 Å². The summed E-state index contributed by atoms with van der Waals surface area (Å²) in [6.07, 6.45) is -4.41. The Labute approximate surface area is 226 Å². The summed E-state index contributed by atoms with van der Waals surface area (Å²) in [5.74, 6) is -7.54. The number of amides is 4. The Morgan fingerprint density at radius 1 is 0.925 bits per heavy atom. The molecule has 0 radical (unpaired) electrons. The van der Waals surface area contributed by atoms with Crippen LogP contribution in [0.15, 0.2) is 54.7 Å². The molecule has 212 valence electrons. The largest absolute Gasteiger partial charge is 0.457 e. The van der Waals surface area contributed by atoms with Crippen molar-refractivity contribution in [2.24, 2.45) is 0 Å². The van der Waals surface area contributed by atoms with Crippen molar-refractivity contribution in [1.29, 1.82) is 0 Å². The number of anilines is 2. The third kappa shape index (κ3) is 7.75. The van der Waals surface area contributed by atoms with Gasteiger partial charge in [-0.15, -0.1) is 0 Å². The van der Waals surface area contributed by atoms with Crippen LogP contribution in [0, 0.1) is 5.82 Å². The molecule has 4 N–H and O–H groups in total. The van der Waals surface area contributed by atoms with Crippen molar-refractivity contribution < 1.29 is 45.5 Å². The first-order valence-electron chi connectivity index (χ1n) is 11.1. The van der Waals surface area contributed by atoms with Crippen LogP contribution in [-0.4, -0.2) is 28.8 Å². The van der Waals surface area contributed by atoms with E-state index >= 15 is 0 Å². The maximum Gasteiger partial charge on any atom is 0.417 e. The van der Waals surface area contributed by atoms with Gasteiger partial charge in [0.2, 0.25) is 0 Å². The molecule has 0 fully saturated rings. The zero-order valence-corrected chi connectivity index (χ0v) is 20.9. The minimum absolute atomic E-state index is 0.0218. The first-order valence-corrected chi connectivity index (χ1v) is 11.4. The van der Waals surface area contributed by atoms with Crippen LogP contribution >= 0.6 is 11.6 Å². The molecule has 40 heavy (non-hydrogen) atoms. The third-order valence-electron chi connectivity index (χ3n) is 4.98. The molecule has 4 amide bonds. The van der Waals surface area contributed by atoms with Crippen LogP contribution in [0.4, 0.5) is 42.5 Å². The molecule has 16 heteroatoms. The minimum atomic E-state index is -4.76. The van der Waals surface area contributed by atoms with Gasteiger partial charge < -0.3 is 15.4 Å². The van der Waals surface area contributed by atoms with E-state index in [0.717, 1.165) is 43.5 Å². The molecule has 0 unspecified atom stereocenters. The van der Waals surface area contributed by atoms with Crippen molar-refractivity contribution in [1.82, 2.24) is 15.8 Å². The summed E-state index contributed by atoms with van der Waals surface area (Å²) in [4.78, 5) is 39.4. The highest BCUT2D eigenvalue weighted by atomic mass is 35.5. The predicted molar refractivity (Wildman–Crippen MR) is 131 cm³/mol. The lowest BCUT2D eigenvalue weighted by molar-refractivity contribution is -0.146. The lowest BCUT2D eigenvalue weighted by atomic mass is 10.2. The number of aromatic nitrogens is 1. The number of alkyl halides is 5. The van der Waals surface area contributed by atoms with Gasteiger partial charge in [0, 0.05) is 30.4 Å². The third-order valence-corrected chi connectivity index (χ3v) is 5.31. The summed E-state index contributed by atoms with van der Waals surface area (Å²) in [7, 11) is 0. The van der Waals surface area contributed by atoms with Crippen molar-refractivity contribution in [3.8, 4) is 11.5 Å². The summed E-state index contributed by atoms with van der Waals surface area (Å²) in [5, 5.41) is 3.71. The number of halogens is 7. The smallest absolute Gasteiger partial charge is 0.417 e. The maximum absolute atomic E-state index is 14.6. The van der Waals surface area contributed by atoms with Crippen molar-refractivity contribution in [3.63, 3.8) is 0 Å². The van der Waals surface area contributed by atoms with Gasteiger partial charge in [-0.05, 0) is 36.4 Å². The van der Waals surface area contributed by atoms with Crippen LogP contribution in [0.25, 0.3) is 0 Å². The molecular formula is C24H18ClF6N5O4. The molecule has 2 aromatic carbocycles. The fourth-order valence-corrected chi connectivity index (χ4v) is 3.15. The molecule has 0 bridgehead atoms. The average Bonchev–Trinajstić information content (AvgIpc) is 2.89. The Balaban J connectivity index is 1.63. The highest BCUT2D eigenvalue weighted by Gasteiger charge is 2.36. The number of nitrogens with zero attached hydrogens (tertiary/aromatic N) is 1. The highest BCUT2D eigenvalue weighted by molar-refractivity contribution is 6.31. The highest BCUT2D eigenvalue weighted by Crippen LogP contribution is 2.36. The number of benzene rings is 2. The summed E-state index contributed by atoms with van der Waals surface area (Å²) in [6, 6.07) is 7.22. The van der Waals surface area contributed by atoms with E-state index in [1.807, 2.05) is 0 Å². The number of rotatable bonds is 7. The lowest BCUT2D eigenvalue weighted by Gasteiger charge is -2.14. The zero-order valence-electron chi connectivity index (χ0n) is 20.1. The van der Waals surface area contributed by atoms with Crippen LogP contribution in [0.5, 0.6) is 11.5 Å². The van der Waals surface area contributed by atoms with Gasteiger partial charge in [-0.25, -0.2) is 9.18 Å². The second-order valence-corrected chi connectivity index (χ2v) is 8.27.